The van der Waals surface area contributed by atoms with E-state index in [1.807, 2.05) is 18.2 Å². The van der Waals surface area contributed by atoms with Crippen molar-refractivity contribution in [3.05, 3.63) is 53.4 Å². The topological polar surface area (TPSA) is 65.6 Å². The lowest BCUT2D eigenvalue weighted by Gasteiger charge is -2.47. The fraction of sp³-hybridized carbons (Fsp3) is 0.448. The van der Waals surface area contributed by atoms with Gasteiger partial charge in [-0.25, -0.2) is 9.37 Å². The summed E-state index contributed by atoms with van der Waals surface area (Å²) in [6.45, 7) is 8.41. The number of para-hydroxylation sites is 1. The summed E-state index contributed by atoms with van der Waals surface area (Å²) in [6.07, 6.45) is 6.18. The van der Waals surface area contributed by atoms with Crippen LogP contribution in [-0.4, -0.2) is 68.5 Å². The van der Waals surface area contributed by atoms with E-state index in [1.54, 1.807) is 13.2 Å². The van der Waals surface area contributed by atoms with E-state index in [9.17, 15) is 0 Å². The van der Waals surface area contributed by atoms with Crippen LogP contribution in [0.2, 0.25) is 5.02 Å². The van der Waals surface area contributed by atoms with Crippen LogP contribution < -0.4 is 25.6 Å². The number of ether oxygens (including phenoxy) is 1. The summed E-state index contributed by atoms with van der Waals surface area (Å²) in [5.41, 5.74) is 2.39. The number of benzene rings is 2. The molecule has 3 aromatic rings. The maximum atomic E-state index is 15.5. The number of piperidine rings is 2. The third-order valence-corrected chi connectivity index (χ3v) is 9.74. The van der Waals surface area contributed by atoms with Gasteiger partial charge in [-0.1, -0.05) is 37.7 Å². The zero-order valence-electron chi connectivity index (χ0n) is 23.1. The van der Waals surface area contributed by atoms with Crippen molar-refractivity contribution in [1.82, 2.24) is 14.9 Å². The van der Waals surface area contributed by atoms with Crippen molar-refractivity contribution in [2.75, 3.05) is 69.2 Å². The van der Waals surface area contributed by atoms with Crippen LogP contribution in [0.15, 0.2) is 42.6 Å². The molecule has 0 aliphatic carbocycles. The zero-order chi connectivity index (χ0) is 27.6. The summed E-state index contributed by atoms with van der Waals surface area (Å²) in [7, 11) is 3.46. The van der Waals surface area contributed by atoms with Gasteiger partial charge in [-0.3, -0.25) is 0 Å². The van der Waals surface area contributed by atoms with Crippen LogP contribution in [0, 0.1) is 11.2 Å². The number of anilines is 5. The molecule has 0 unspecified atom stereocenters. The molecule has 0 atom stereocenters. The number of rotatable bonds is 7. The predicted octanol–water partition coefficient (Wildman–Crippen LogP) is 6.44. The second-order valence-electron chi connectivity index (χ2n) is 10.8. The second-order valence-corrected chi connectivity index (χ2v) is 13.5. The first-order valence-corrected chi connectivity index (χ1v) is 16.0. The first-order valence-electron chi connectivity index (χ1n) is 13.4. The summed E-state index contributed by atoms with van der Waals surface area (Å²) in [5.74, 6) is 1.01. The molecule has 2 aliphatic heterocycles. The Kier molecular flexibility index (Phi) is 8.46. The molecule has 3 heterocycles. The van der Waals surface area contributed by atoms with Gasteiger partial charge < -0.3 is 25.2 Å². The lowest BCUT2D eigenvalue weighted by molar-refractivity contribution is 0.0943. The molecular weight excluding hydrogens is 534 g/mol. The Morgan fingerprint density at radius 2 is 1.69 bits per heavy atom. The van der Waals surface area contributed by atoms with Gasteiger partial charge in [-0.15, -0.1) is 0 Å². The average Bonchev–Trinajstić information content (AvgIpc) is 2.93. The van der Waals surface area contributed by atoms with E-state index >= 15 is 4.39 Å². The van der Waals surface area contributed by atoms with Crippen molar-refractivity contribution in [3.8, 4) is 5.75 Å². The molecule has 2 N–H and O–H groups in total. The van der Waals surface area contributed by atoms with E-state index in [4.69, 9.17) is 16.3 Å². The third-order valence-electron chi connectivity index (χ3n) is 8.11. The van der Waals surface area contributed by atoms with Crippen molar-refractivity contribution in [1.29, 1.82) is 0 Å². The summed E-state index contributed by atoms with van der Waals surface area (Å²) >= 11 is 6.43. The van der Waals surface area contributed by atoms with E-state index in [0.29, 0.717) is 39.3 Å². The van der Waals surface area contributed by atoms with Crippen LogP contribution in [0.1, 0.15) is 25.7 Å². The molecule has 1 aromatic heterocycles. The van der Waals surface area contributed by atoms with E-state index < -0.39 is 0 Å². The number of likely N-dealkylation sites (tertiary alicyclic amines) is 1. The van der Waals surface area contributed by atoms with Gasteiger partial charge in [-0.05, 0) is 75.9 Å². The Hall–Kier alpha value is -2.67. The Morgan fingerprint density at radius 1 is 1.00 bits per heavy atom. The summed E-state index contributed by atoms with van der Waals surface area (Å²) < 4.78 is 21.1. The van der Waals surface area contributed by atoms with Crippen molar-refractivity contribution in [2.45, 2.75) is 25.7 Å². The summed E-state index contributed by atoms with van der Waals surface area (Å²) in [4.78, 5) is 13.5. The minimum Gasteiger partial charge on any atom is -0.494 e. The van der Waals surface area contributed by atoms with Gasteiger partial charge in [0.1, 0.15) is 16.6 Å². The van der Waals surface area contributed by atoms with Gasteiger partial charge in [0.05, 0.1) is 24.7 Å². The molecule has 39 heavy (non-hydrogen) atoms. The molecule has 1 spiro atoms. The number of methoxy groups -OCH3 is 1. The minimum atomic E-state index is -0.325. The Labute approximate surface area is 236 Å². The van der Waals surface area contributed by atoms with Crippen LogP contribution in [0.5, 0.6) is 5.75 Å². The summed E-state index contributed by atoms with van der Waals surface area (Å²) in [5, 5.41) is 8.09. The van der Waals surface area contributed by atoms with Crippen molar-refractivity contribution >= 4 is 53.7 Å². The molecule has 10 heteroatoms. The molecule has 2 aromatic carbocycles. The van der Waals surface area contributed by atoms with Crippen molar-refractivity contribution in [2.24, 2.45) is 5.41 Å². The molecule has 2 fully saturated rings. The maximum absolute atomic E-state index is 15.5. The molecular formula is C29H37ClFN6OP. The molecule has 0 bridgehead atoms. The fourth-order valence-electron chi connectivity index (χ4n) is 5.60. The van der Waals surface area contributed by atoms with Crippen LogP contribution in [0.4, 0.5) is 33.2 Å². The van der Waals surface area contributed by atoms with Gasteiger partial charge in [0.2, 0.25) is 5.95 Å². The Morgan fingerprint density at radius 3 is 2.38 bits per heavy atom. The standard InChI is InChI=1S/C29H37ClFN6OP/c1-36-13-9-29(10-14-36)11-15-37(16-12-29)24-18-25(38-2)23(17-21(24)31)34-28-32-19-20(30)27(35-28)33-22-7-5-6-8-26(22)39(3)4/h5-8,17-19H,9-16H2,1-4H3,(H2,32,33,34,35). The van der Waals surface area contributed by atoms with Gasteiger partial charge in [0.25, 0.3) is 0 Å². The molecule has 7 nitrogen and oxygen atoms in total. The molecule has 0 amide bonds. The van der Waals surface area contributed by atoms with Crippen molar-refractivity contribution < 1.29 is 9.13 Å². The van der Waals surface area contributed by atoms with Crippen LogP contribution in [0.25, 0.3) is 0 Å². The zero-order valence-corrected chi connectivity index (χ0v) is 24.7. The number of hydrogen-bond donors (Lipinski definition) is 2. The predicted molar refractivity (Wildman–Crippen MR) is 162 cm³/mol. The quantitative estimate of drug-likeness (QED) is 0.317. The van der Waals surface area contributed by atoms with E-state index in [1.165, 1.54) is 30.4 Å². The molecule has 0 saturated carbocycles. The van der Waals surface area contributed by atoms with Crippen LogP contribution in [-0.2, 0) is 0 Å². The number of nitrogens with zero attached hydrogens (tertiary/aromatic N) is 4. The van der Waals surface area contributed by atoms with Gasteiger partial charge in [0, 0.05) is 30.9 Å². The van der Waals surface area contributed by atoms with Crippen LogP contribution in [0.3, 0.4) is 0 Å². The number of aromatic nitrogens is 2. The highest BCUT2D eigenvalue weighted by molar-refractivity contribution is 7.64. The molecule has 208 valence electrons. The molecule has 2 aliphatic rings. The normalized spacial score (nSPS) is 17.5. The van der Waals surface area contributed by atoms with E-state index in [0.717, 1.165) is 44.7 Å². The number of hydrogen-bond acceptors (Lipinski definition) is 7. The number of nitrogens with one attached hydrogen (secondary N) is 2. The maximum Gasteiger partial charge on any atom is 0.229 e. The second kappa shape index (κ2) is 11.8. The van der Waals surface area contributed by atoms with Gasteiger partial charge >= 0.3 is 0 Å². The third kappa shape index (κ3) is 6.24. The van der Waals surface area contributed by atoms with Gasteiger partial charge in [-0.2, -0.15) is 4.98 Å². The fourth-order valence-corrected chi connectivity index (χ4v) is 6.73. The monoisotopic (exact) mass is 570 g/mol. The highest BCUT2D eigenvalue weighted by Gasteiger charge is 2.37. The lowest BCUT2D eigenvalue weighted by atomic mass is 9.71. The largest absolute Gasteiger partial charge is 0.494 e. The van der Waals surface area contributed by atoms with Crippen LogP contribution >= 0.6 is 19.5 Å². The summed E-state index contributed by atoms with van der Waals surface area (Å²) in [6, 6.07) is 11.4. The van der Waals surface area contributed by atoms with Crippen molar-refractivity contribution in [3.63, 3.8) is 0 Å². The first kappa shape index (κ1) is 27.9. The molecule has 5 rings (SSSR count). The SMILES string of the molecule is COc1cc(N2CCC3(CCN(C)CC3)CC2)c(F)cc1Nc1ncc(Cl)c(Nc2ccccc2P(C)C)n1. The number of halogens is 2. The highest BCUT2D eigenvalue weighted by atomic mass is 35.5. The van der Waals surface area contributed by atoms with Gasteiger partial charge in [0.15, 0.2) is 5.82 Å². The average molecular weight is 571 g/mol. The smallest absolute Gasteiger partial charge is 0.229 e. The molecule has 2 saturated heterocycles. The van der Waals surface area contributed by atoms with E-state index in [-0.39, 0.29) is 13.7 Å². The Balaban J connectivity index is 1.33. The first-order chi connectivity index (χ1) is 18.8. The lowest BCUT2D eigenvalue weighted by Crippen LogP contribution is -2.46. The molecule has 0 radical (unpaired) electrons. The highest BCUT2D eigenvalue weighted by Crippen LogP contribution is 2.43. The Bertz CT molecular complexity index is 1310. The van der Waals surface area contributed by atoms with E-state index in [2.05, 4.69) is 56.8 Å². The minimum absolute atomic E-state index is 0.293.